The Balaban J connectivity index is 2.01. The molecular weight excluding hydrogens is 328 g/mol. The summed E-state index contributed by atoms with van der Waals surface area (Å²) < 4.78 is 17.0. The molecule has 130 valence electrons. The first-order valence-electron chi connectivity index (χ1n) is 7.37. The van der Waals surface area contributed by atoms with Crippen LogP contribution in [0.4, 0.5) is 0 Å². The number of carbonyl (C=O) groups is 1. The van der Waals surface area contributed by atoms with Gasteiger partial charge in [0.1, 0.15) is 6.54 Å². The minimum absolute atomic E-state index is 0.0487. The predicted molar refractivity (Wildman–Crippen MR) is 88.1 cm³/mol. The number of aromatic nitrogens is 3. The summed E-state index contributed by atoms with van der Waals surface area (Å²) in [5.74, 6) is 0.638. The quantitative estimate of drug-likeness (QED) is 0.729. The second kappa shape index (κ2) is 6.63. The summed E-state index contributed by atoms with van der Waals surface area (Å²) >= 11 is 0. The van der Waals surface area contributed by atoms with Gasteiger partial charge in [0, 0.05) is 18.6 Å². The summed E-state index contributed by atoms with van der Waals surface area (Å²) in [5, 5.41) is 7.08. The van der Waals surface area contributed by atoms with Crippen molar-refractivity contribution in [1.29, 1.82) is 0 Å². The van der Waals surface area contributed by atoms with E-state index in [4.69, 9.17) is 14.0 Å². The molecule has 9 heteroatoms. The van der Waals surface area contributed by atoms with Gasteiger partial charge >= 0.3 is 0 Å². The van der Waals surface area contributed by atoms with E-state index in [1.54, 1.807) is 24.4 Å². The summed E-state index contributed by atoms with van der Waals surface area (Å²) in [4.78, 5) is 28.1. The average Bonchev–Trinajstić information content (AvgIpc) is 3.10. The van der Waals surface area contributed by atoms with Crippen LogP contribution in [0.25, 0.3) is 10.8 Å². The number of nitrogens with zero attached hydrogens (tertiary/aromatic N) is 3. The highest BCUT2D eigenvalue weighted by Gasteiger charge is 2.16. The maximum Gasteiger partial charge on any atom is 0.292 e. The van der Waals surface area contributed by atoms with Crippen molar-refractivity contribution in [3.63, 3.8) is 0 Å². The van der Waals surface area contributed by atoms with Crippen molar-refractivity contribution in [2.45, 2.75) is 6.54 Å². The molecule has 1 aromatic carbocycles. The summed E-state index contributed by atoms with van der Waals surface area (Å²) in [7, 11) is 4.51. The van der Waals surface area contributed by atoms with Crippen molar-refractivity contribution in [3.8, 4) is 11.5 Å². The van der Waals surface area contributed by atoms with Crippen LogP contribution in [0.15, 0.2) is 33.7 Å². The van der Waals surface area contributed by atoms with Gasteiger partial charge in [-0.1, -0.05) is 5.16 Å². The minimum Gasteiger partial charge on any atom is -0.493 e. The lowest BCUT2D eigenvalue weighted by atomic mass is 10.1. The van der Waals surface area contributed by atoms with Crippen LogP contribution >= 0.6 is 0 Å². The fourth-order valence-electron chi connectivity index (χ4n) is 2.48. The smallest absolute Gasteiger partial charge is 0.292 e. The predicted octanol–water partition coefficient (Wildman–Crippen LogP) is 0.810. The van der Waals surface area contributed by atoms with Gasteiger partial charge in [-0.05, 0) is 18.2 Å². The van der Waals surface area contributed by atoms with Crippen LogP contribution in [-0.2, 0) is 6.54 Å². The monoisotopic (exact) mass is 344 g/mol. The van der Waals surface area contributed by atoms with Gasteiger partial charge < -0.3 is 23.9 Å². The standard InChI is InChI=1S/C16H16N4O5/c1-17-15(21)14-18-12(25-19-14)8-20-7-6-9-10(16(20)22)4-5-11(23-2)13(9)24-3/h4-7H,8H2,1-3H3,(H,17,21). The van der Waals surface area contributed by atoms with E-state index in [0.717, 1.165) is 0 Å². The molecule has 3 rings (SSSR count). The van der Waals surface area contributed by atoms with Gasteiger partial charge in [0.2, 0.25) is 5.89 Å². The zero-order valence-electron chi connectivity index (χ0n) is 13.9. The molecule has 0 unspecified atom stereocenters. The molecular formula is C16H16N4O5. The normalized spacial score (nSPS) is 10.7. The molecule has 0 bridgehead atoms. The van der Waals surface area contributed by atoms with Crippen molar-refractivity contribution >= 4 is 16.7 Å². The van der Waals surface area contributed by atoms with Crippen LogP contribution < -0.4 is 20.3 Å². The molecule has 0 aliphatic carbocycles. The molecule has 0 radical (unpaired) electrons. The number of methoxy groups -OCH3 is 2. The van der Waals surface area contributed by atoms with E-state index in [-0.39, 0.29) is 23.8 Å². The van der Waals surface area contributed by atoms with E-state index in [2.05, 4.69) is 15.5 Å². The molecule has 0 saturated carbocycles. The molecule has 0 spiro atoms. The van der Waals surface area contributed by atoms with Gasteiger partial charge in [-0.25, -0.2) is 0 Å². The molecule has 9 nitrogen and oxygen atoms in total. The molecule has 1 N–H and O–H groups in total. The number of pyridine rings is 1. The van der Waals surface area contributed by atoms with Crippen LogP contribution in [-0.4, -0.2) is 41.9 Å². The van der Waals surface area contributed by atoms with Crippen LogP contribution in [0.3, 0.4) is 0 Å². The van der Waals surface area contributed by atoms with Gasteiger partial charge in [0.15, 0.2) is 11.5 Å². The lowest BCUT2D eigenvalue weighted by Crippen LogP contribution is -2.21. The molecule has 2 aromatic heterocycles. The second-order valence-corrected chi connectivity index (χ2v) is 5.10. The third kappa shape index (κ3) is 2.91. The van der Waals surface area contributed by atoms with Gasteiger partial charge in [0.05, 0.1) is 19.6 Å². The van der Waals surface area contributed by atoms with E-state index < -0.39 is 5.91 Å². The Kier molecular flexibility index (Phi) is 4.38. The highest BCUT2D eigenvalue weighted by atomic mass is 16.5. The number of amides is 1. The van der Waals surface area contributed by atoms with E-state index in [9.17, 15) is 9.59 Å². The van der Waals surface area contributed by atoms with Gasteiger partial charge in [-0.2, -0.15) is 4.98 Å². The number of fused-ring (bicyclic) bond motifs is 1. The fourth-order valence-corrected chi connectivity index (χ4v) is 2.48. The second-order valence-electron chi connectivity index (χ2n) is 5.10. The lowest BCUT2D eigenvalue weighted by Gasteiger charge is -2.11. The zero-order chi connectivity index (χ0) is 18.0. The number of carbonyl (C=O) groups excluding carboxylic acids is 1. The molecule has 1 amide bonds. The SMILES string of the molecule is CNC(=O)c1noc(Cn2ccc3c(OC)c(OC)ccc3c2=O)n1. The molecule has 0 atom stereocenters. The van der Waals surface area contributed by atoms with Crippen molar-refractivity contribution < 1.29 is 18.8 Å². The van der Waals surface area contributed by atoms with E-state index in [1.807, 2.05) is 0 Å². The third-order valence-electron chi connectivity index (χ3n) is 3.70. The first kappa shape index (κ1) is 16.5. The molecule has 3 aromatic rings. The zero-order valence-corrected chi connectivity index (χ0v) is 13.9. The average molecular weight is 344 g/mol. The summed E-state index contributed by atoms with van der Waals surface area (Å²) in [6.45, 7) is 0.0487. The number of benzene rings is 1. The summed E-state index contributed by atoms with van der Waals surface area (Å²) in [6.07, 6.45) is 1.59. The van der Waals surface area contributed by atoms with E-state index in [1.165, 1.54) is 25.8 Å². The van der Waals surface area contributed by atoms with Crippen LogP contribution in [0.5, 0.6) is 11.5 Å². The van der Waals surface area contributed by atoms with Crippen LogP contribution in [0.2, 0.25) is 0 Å². The van der Waals surface area contributed by atoms with Crippen molar-refractivity contribution in [2.75, 3.05) is 21.3 Å². The van der Waals surface area contributed by atoms with Crippen molar-refractivity contribution in [2.24, 2.45) is 0 Å². The summed E-state index contributed by atoms with van der Waals surface area (Å²) in [5.41, 5.74) is -0.252. The first-order valence-corrected chi connectivity index (χ1v) is 7.37. The Morgan fingerprint density at radius 2 is 2.04 bits per heavy atom. The number of rotatable bonds is 5. The van der Waals surface area contributed by atoms with Crippen molar-refractivity contribution in [3.05, 3.63) is 46.5 Å². The summed E-state index contributed by atoms with van der Waals surface area (Å²) in [6, 6.07) is 5.08. The Hall–Kier alpha value is -3.36. The Bertz CT molecular complexity index is 992. The van der Waals surface area contributed by atoms with Gasteiger partial charge in [-0.15, -0.1) is 0 Å². The lowest BCUT2D eigenvalue weighted by molar-refractivity contribution is 0.0950. The molecule has 0 saturated heterocycles. The molecule has 0 aliphatic rings. The number of hydrogen-bond donors (Lipinski definition) is 1. The Morgan fingerprint density at radius 3 is 2.72 bits per heavy atom. The maximum atomic E-state index is 12.7. The Morgan fingerprint density at radius 1 is 1.24 bits per heavy atom. The number of nitrogens with one attached hydrogen (secondary N) is 1. The third-order valence-corrected chi connectivity index (χ3v) is 3.70. The van der Waals surface area contributed by atoms with Crippen LogP contribution in [0.1, 0.15) is 16.5 Å². The van der Waals surface area contributed by atoms with Crippen molar-refractivity contribution in [1.82, 2.24) is 20.0 Å². The Labute approximate surface area is 142 Å². The number of ether oxygens (including phenoxy) is 2. The molecule has 0 aliphatic heterocycles. The van der Waals surface area contributed by atoms with Gasteiger partial charge in [0.25, 0.3) is 17.3 Å². The molecule has 0 fully saturated rings. The first-order chi connectivity index (χ1) is 12.1. The molecule has 2 heterocycles. The fraction of sp³-hybridized carbons (Fsp3) is 0.250. The highest BCUT2D eigenvalue weighted by molar-refractivity contribution is 5.90. The number of hydrogen-bond acceptors (Lipinski definition) is 7. The van der Waals surface area contributed by atoms with E-state index in [0.29, 0.717) is 22.3 Å². The van der Waals surface area contributed by atoms with Crippen LogP contribution in [0, 0.1) is 0 Å². The maximum absolute atomic E-state index is 12.7. The minimum atomic E-state index is -0.460. The van der Waals surface area contributed by atoms with Gasteiger partial charge in [-0.3, -0.25) is 9.59 Å². The molecule has 25 heavy (non-hydrogen) atoms. The largest absolute Gasteiger partial charge is 0.493 e. The van der Waals surface area contributed by atoms with E-state index >= 15 is 0 Å². The highest BCUT2D eigenvalue weighted by Crippen LogP contribution is 2.33. The topological polar surface area (TPSA) is 108 Å².